The van der Waals surface area contributed by atoms with E-state index in [1.807, 2.05) is 0 Å². The van der Waals surface area contributed by atoms with Gasteiger partial charge in [-0.3, -0.25) is 4.79 Å². The Morgan fingerprint density at radius 1 is 1.28 bits per heavy atom. The lowest BCUT2D eigenvalue weighted by Gasteiger charge is -2.34. The highest BCUT2D eigenvalue weighted by Gasteiger charge is 2.62. The quantitative estimate of drug-likeness (QED) is 0.620. The Bertz CT molecular complexity index is 285. The molecule has 8 heteroatoms. The minimum atomic E-state index is -4.64. The van der Waals surface area contributed by atoms with Crippen LogP contribution in [0.5, 0.6) is 0 Å². The molecule has 1 aliphatic rings. The van der Waals surface area contributed by atoms with Gasteiger partial charge in [0, 0.05) is 19.6 Å². The van der Waals surface area contributed by atoms with Gasteiger partial charge in [0.15, 0.2) is 5.41 Å². The molecule has 0 spiro atoms. The molecule has 0 aromatic carbocycles. The van der Waals surface area contributed by atoms with E-state index in [9.17, 15) is 18.0 Å². The highest BCUT2D eigenvalue weighted by Crippen LogP contribution is 2.44. The van der Waals surface area contributed by atoms with Crippen LogP contribution in [-0.2, 0) is 4.79 Å². The molecule has 0 radical (unpaired) electrons. The van der Waals surface area contributed by atoms with Gasteiger partial charge < -0.3 is 20.4 Å². The molecule has 1 unspecified atom stereocenters. The van der Waals surface area contributed by atoms with Crippen LogP contribution in [0.2, 0.25) is 0 Å². The number of rotatable bonds is 5. The van der Waals surface area contributed by atoms with Gasteiger partial charge in [0.1, 0.15) is 0 Å². The molecule has 3 N–H and O–H groups in total. The maximum atomic E-state index is 13.1. The van der Waals surface area contributed by atoms with Crippen molar-refractivity contribution < 1.29 is 28.2 Å². The molecular formula is C10H17F3N2O3. The van der Waals surface area contributed by atoms with Crippen molar-refractivity contribution in [2.24, 2.45) is 5.41 Å². The Kier molecular flexibility index (Phi) is 4.94. The van der Waals surface area contributed by atoms with E-state index in [0.29, 0.717) is 0 Å². The van der Waals surface area contributed by atoms with Crippen molar-refractivity contribution >= 4 is 5.91 Å². The zero-order chi connectivity index (χ0) is 13.8. The van der Waals surface area contributed by atoms with E-state index in [4.69, 9.17) is 10.2 Å². The van der Waals surface area contributed by atoms with Gasteiger partial charge in [0.2, 0.25) is 5.91 Å². The Morgan fingerprint density at radius 2 is 1.83 bits per heavy atom. The predicted molar refractivity (Wildman–Crippen MR) is 56.7 cm³/mol. The van der Waals surface area contributed by atoms with Crippen LogP contribution < -0.4 is 5.32 Å². The zero-order valence-electron chi connectivity index (χ0n) is 9.83. The van der Waals surface area contributed by atoms with Gasteiger partial charge >= 0.3 is 6.18 Å². The van der Waals surface area contributed by atoms with Gasteiger partial charge in [0.05, 0.1) is 13.2 Å². The molecule has 18 heavy (non-hydrogen) atoms. The summed E-state index contributed by atoms with van der Waals surface area (Å²) in [4.78, 5) is 12.9. The minimum absolute atomic E-state index is 0.122. The highest BCUT2D eigenvalue weighted by atomic mass is 19.4. The number of aliphatic hydroxyl groups is 2. The maximum absolute atomic E-state index is 13.1. The molecule has 1 fully saturated rings. The van der Waals surface area contributed by atoms with E-state index < -0.39 is 37.3 Å². The fourth-order valence-electron chi connectivity index (χ4n) is 2.10. The lowest BCUT2D eigenvalue weighted by molar-refractivity contribution is -0.222. The molecule has 1 saturated heterocycles. The van der Waals surface area contributed by atoms with Crippen LogP contribution >= 0.6 is 0 Å². The number of hydrogen-bond acceptors (Lipinski definition) is 4. The Morgan fingerprint density at radius 3 is 2.17 bits per heavy atom. The van der Waals surface area contributed by atoms with Gasteiger partial charge in [-0.15, -0.1) is 0 Å². The molecule has 1 rings (SSSR count). The SMILES string of the molecule is O=C(N(CCO)CCO)C1(C(F)(F)F)CCNC1. The Balaban J connectivity index is 2.94. The van der Waals surface area contributed by atoms with Crippen molar-refractivity contribution in [2.45, 2.75) is 12.6 Å². The van der Waals surface area contributed by atoms with Crippen molar-refractivity contribution in [3.63, 3.8) is 0 Å². The van der Waals surface area contributed by atoms with Crippen molar-refractivity contribution in [1.82, 2.24) is 10.2 Å². The molecule has 0 bridgehead atoms. The second kappa shape index (κ2) is 5.85. The molecule has 1 atom stereocenters. The van der Waals surface area contributed by atoms with E-state index in [2.05, 4.69) is 5.32 Å². The second-order valence-electron chi connectivity index (χ2n) is 4.25. The zero-order valence-corrected chi connectivity index (χ0v) is 9.83. The van der Waals surface area contributed by atoms with Crippen LogP contribution in [0.4, 0.5) is 13.2 Å². The van der Waals surface area contributed by atoms with Crippen LogP contribution in [0.1, 0.15) is 6.42 Å². The molecule has 0 aliphatic carbocycles. The first-order valence-corrected chi connectivity index (χ1v) is 5.67. The van der Waals surface area contributed by atoms with Gasteiger partial charge in [-0.1, -0.05) is 0 Å². The van der Waals surface area contributed by atoms with Gasteiger partial charge in [0.25, 0.3) is 0 Å². The first kappa shape index (κ1) is 15.2. The smallest absolute Gasteiger partial charge is 0.395 e. The van der Waals surface area contributed by atoms with Gasteiger partial charge in [-0.05, 0) is 13.0 Å². The largest absolute Gasteiger partial charge is 0.404 e. The molecule has 0 aromatic heterocycles. The molecule has 106 valence electrons. The maximum Gasteiger partial charge on any atom is 0.404 e. The summed E-state index contributed by atoms with van der Waals surface area (Å²) in [5.41, 5.74) is -2.43. The summed E-state index contributed by atoms with van der Waals surface area (Å²) < 4.78 is 39.3. The number of hydrogen-bond donors (Lipinski definition) is 3. The van der Waals surface area contributed by atoms with Crippen molar-refractivity contribution in [1.29, 1.82) is 0 Å². The number of alkyl halides is 3. The first-order valence-electron chi connectivity index (χ1n) is 5.67. The summed E-state index contributed by atoms with van der Waals surface area (Å²) in [5, 5.41) is 20.1. The summed E-state index contributed by atoms with van der Waals surface area (Å²) in [5.74, 6) is -1.08. The summed E-state index contributed by atoms with van der Waals surface area (Å²) >= 11 is 0. The van der Waals surface area contributed by atoms with Crippen molar-refractivity contribution in [2.75, 3.05) is 39.4 Å². The van der Waals surface area contributed by atoms with E-state index in [-0.39, 0.29) is 26.1 Å². The third-order valence-electron chi connectivity index (χ3n) is 3.13. The summed E-state index contributed by atoms with van der Waals surface area (Å²) in [6.45, 7) is -1.63. The standard InChI is InChI=1S/C10H17F3N2O3/c11-10(12,13)9(1-2-14-7-9)8(18)15(3-5-16)4-6-17/h14,16-17H,1-7H2. The first-order chi connectivity index (χ1) is 8.39. The van der Waals surface area contributed by atoms with Gasteiger partial charge in [-0.2, -0.15) is 13.2 Å². The molecule has 1 heterocycles. The number of aliphatic hydroxyl groups excluding tert-OH is 2. The fraction of sp³-hybridized carbons (Fsp3) is 0.900. The van der Waals surface area contributed by atoms with E-state index >= 15 is 0 Å². The molecular weight excluding hydrogens is 253 g/mol. The average Bonchev–Trinajstić information content (AvgIpc) is 2.77. The lowest BCUT2D eigenvalue weighted by atomic mass is 9.84. The van der Waals surface area contributed by atoms with Crippen molar-refractivity contribution in [3.05, 3.63) is 0 Å². The number of amides is 1. The molecule has 1 aliphatic heterocycles. The predicted octanol–water partition coefficient (Wildman–Crippen LogP) is -0.658. The monoisotopic (exact) mass is 270 g/mol. The Labute approximate surface area is 103 Å². The normalized spacial score (nSPS) is 24.3. The van der Waals surface area contributed by atoms with Gasteiger partial charge in [-0.25, -0.2) is 0 Å². The van der Waals surface area contributed by atoms with Crippen LogP contribution in [0.15, 0.2) is 0 Å². The second-order valence-corrected chi connectivity index (χ2v) is 4.25. The van der Waals surface area contributed by atoms with Crippen molar-refractivity contribution in [3.8, 4) is 0 Å². The number of nitrogens with zero attached hydrogens (tertiary/aromatic N) is 1. The third-order valence-corrected chi connectivity index (χ3v) is 3.13. The lowest BCUT2D eigenvalue weighted by Crippen LogP contribution is -2.54. The van der Waals surface area contributed by atoms with Crippen LogP contribution in [-0.4, -0.2) is 66.6 Å². The number of halogens is 3. The molecule has 0 aromatic rings. The van der Waals surface area contributed by atoms with E-state index in [1.165, 1.54) is 0 Å². The van der Waals surface area contributed by atoms with Crippen LogP contribution in [0, 0.1) is 5.41 Å². The number of carbonyl (C=O) groups is 1. The molecule has 1 amide bonds. The number of nitrogens with one attached hydrogen (secondary N) is 1. The fourth-order valence-corrected chi connectivity index (χ4v) is 2.10. The Hall–Kier alpha value is -0.860. The molecule has 5 nitrogen and oxygen atoms in total. The highest BCUT2D eigenvalue weighted by molar-refractivity contribution is 5.84. The van der Waals surface area contributed by atoms with E-state index in [1.54, 1.807) is 0 Å². The molecule has 0 saturated carbocycles. The van der Waals surface area contributed by atoms with E-state index in [0.717, 1.165) is 4.90 Å². The van der Waals surface area contributed by atoms with Crippen LogP contribution in [0.3, 0.4) is 0 Å². The number of carbonyl (C=O) groups excluding carboxylic acids is 1. The van der Waals surface area contributed by atoms with Crippen LogP contribution in [0.25, 0.3) is 0 Å². The topological polar surface area (TPSA) is 72.8 Å². The summed E-state index contributed by atoms with van der Waals surface area (Å²) in [6, 6.07) is 0. The summed E-state index contributed by atoms with van der Waals surface area (Å²) in [6.07, 6.45) is -4.96. The third kappa shape index (κ3) is 2.76. The minimum Gasteiger partial charge on any atom is -0.395 e. The summed E-state index contributed by atoms with van der Waals surface area (Å²) in [7, 11) is 0. The average molecular weight is 270 g/mol.